The molecule has 0 aromatic heterocycles. The van der Waals surface area contributed by atoms with Gasteiger partial charge in [-0.25, -0.2) is 0 Å². The highest BCUT2D eigenvalue weighted by Gasteiger charge is 3.02. The fourth-order valence-electron chi connectivity index (χ4n) is 12.6. The van der Waals surface area contributed by atoms with E-state index in [2.05, 4.69) is 6.92 Å². The third kappa shape index (κ3) is 0.490. The van der Waals surface area contributed by atoms with Crippen LogP contribution >= 0.6 is 0 Å². The van der Waals surface area contributed by atoms with Crippen molar-refractivity contribution >= 4 is 0 Å². The second kappa shape index (κ2) is 2.19. The van der Waals surface area contributed by atoms with Crippen molar-refractivity contribution in [2.24, 2.45) is 63.1 Å². The second-order valence-corrected chi connectivity index (χ2v) is 10.8. The average Bonchev–Trinajstić information content (AvgIpc) is 3.15. The van der Waals surface area contributed by atoms with E-state index in [9.17, 15) is 0 Å². The van der Waals surface area contributed by atoms with E-state index < -0.39 is 0 Å². The lowest BCUT2D eigenvalue weighted by Gasteiger charge is -2.87. The zero-order chi connectivity index (χ0) is 12.7. The van der Waals surface area contributed by atoms with E-state index in [1.54, 1.807) is 51.4 Å². The van der Waals surface area contributed by atoms with Crippen LogP contribution in [0.5, 0.6) is 0 Å². The molecule has 0 radical (unpaired) electrons. The Hall–Kier alpha value is 0. The molecular formula is C20H26. The van der Waals surface area contributed by atoms with Crippen LogP contribution in [0.25, 0.3) is 0 Å². The molecule has 0 amide bonds. The number of hydrogen-bond donors (Lipinski definition) is 0. The summed E-state index contributed by atoms with van der Waals surface area (Å²) >= 11 is 0. The zero-order valence-electron chi connectivity index (χ0n) is 12.7. The van der Waals surface area contributed by atoms with Gasteiger partial charge in [0.2, 0.25) is 0 Å². The lowest BCUT2D eigenvalue weighted by atomic mass is 9.17. The van der Waals surface area contributed by atoms with Crippen LogP contribution in [0.1, 0.15) is 58.3 Å². The standard InChI is InChI=1S/C20H26/c1-10-4-13-6-14(10)20-9-18-12-3-2-11(5-12)17(18)8-19(13,20)15(17)7-16(18)20/h10-16H,2-9H2,1H3. The van der Waals surface area contributed by atoms with Gasteiger partial charge in [0, 0.05) is 0 Å². The van der Waals surface area contributed by atoms with Gasteiger partial charge in [-0.1, -0.05) is 6.92 Å². The van der Waals surface area contributed by atoms with Crippen molar-refractivity contribution in [3.8, 4) is 0 Å². The van der Waals surface area contributed by atoms with Crippen molar-refractivity contribution in [3.63, 3.8) is 0 Å². The molecule has 0 aromatic carbocycles. The molecule has 8 saturated carbocycles. The van der Waals surface area contributed by atoms with Crippen LogP contribution in [0.15, 0.2) is 0 Å². The van der Waals surface area contributed by atoms with Crippen LogP contribution in [0.3, 0.4) is 0 Å². The van der Waals surface area contributed by atoms with Gasteiger partial charge < -0.3 is 0 Å². The Morgan fingerprint density at radius 3 is 2.10 bits per heavy atom. The van der Waals surface area contributed by atoms with Crippen LogP contribution in [-0.2, 0) is 0 Å². The maximum Gasteiger partial charge on any atom is -0.0165 e. The minimum Gasteiger partial charge on any atom is -0.0622 e. The Morgan fingerprint density at radius 2 is 1.30 bits per heavy atom. The first-order valence-electron chi connectivity index (χ1n) is 9.72. The summed E-state index contributed by atoms with van der Waals surface area (Å²) in [6.07, 6.45) is 13.5. The fourth-order valence-corrected chi connectivity index (χ4v) is 12.6. The first-order chi connectivity index (χ1) is 9.72. The van der Waals surface area contributed by atoms with Crippen LogP contribution in [0.4, 0.5) is 0 Å². The van der Waals surface area contributed by atoms with E-state index in [1.165, 1.54) is 35.5 Å². The van der Waals surface area contributed by atoms with Gasteiger partial charge in [0.15, 0.2) is 0 Å². The maximum atomic E-state index is 2.62. The predicted octanol–water partition coefficient (Wildman–Crippen LogP) is 4.49. The molecule has 8 fully saturated rings. The van der Waals surface area contributed by atoms with Crippen LogP contribution < -0.4 is 0 Å². The molecule has 0 saturated heterocycles. The summed E-state index contributed by atoms with van der Waals surface area (Å²) < 4.78 is 0. The van der Waals surface area contributed by atoms with Gasteiger partial charge in [0.05, 0.1) is 0 Å². The van der Waals surface area contributed by atoms with Crippen molar-refractivity contribution in [2.45, 2.75) is 58.3 Å². The Bertz CT molecular complexity index is 607. The number of rotatable bonds is 0. The van der Waals surface area contributed by atoms with E-state index in [0.717, 1.165) is 27.6 Å². The van der Waals surface area contributed by atoms with Gasteiger partial charge in [-0.05, 0) is 114 Å². The lowest BCUT2D eigenvalue weighted by Crippen LogP contribution is -2.82. The molecule has 0 heterocycles. The normalized spacial score (nSPS) is 86.0. The summed E-state index contributed by atoms with van der Waals surface area (Å²) in [7, 11) is 0. The molecule has 11 atom stereocenters. The third-order valence-corrected chi connectivity index (χ3v) is 12.0. The summed E-state index contributed by atoms with van der Waals surface area (Å²) in [6.45, 7) is 2.62. The van der Waals surface area contributed by atoms with Gasteiger partial charge in [-0.2, -0.15) is 0 Å². The highest BCUT2D eigenvalue weighted by Crippen LogP contribution is 3.08. The Labute approximate surface area is 122 Å². The lowest BCUT2D eigenvalue weighted by molar-refractivity contribution is -0.399. The molecule has 0 aromatic rings. The SMILES string of the molecule is CC1CC2CC1C13CC45C6CCC(C6)C46CC21C6CC53. The molecule has 0 aliphatic heterocycles. The summed E-state index contributed by atoms with van der Waals surface area (Å²) in [6, 6.07) is 0. The highest BCUT2D eigenvalue weighted by atomic mass is 15.1. The molecular weight excluding hydrogens is 240 g/mol. The molecule has 0 heteroatoms. The molecule has 11 unspecified atom stereocenters. The minimum atomic E-state index is 0.937. The van der Waals surface area contributed by atoms with Gasteiger partial charge in [0.25, 0.3) is 0 Å². The van der Waals surface area contributed by atoms with Crippen molar-refractivity contribution in [1.29, 1.82) is 0 Å². The van der Waals surface area contributed by atoms with Gasteiger partial charge in [0.1, 0.15) is 0 Å². The molecule has 6 bridgehead atoms. The van der Waals surface area contributed by atoms with Crippen LogP contribution in [0.2, 0.25) is 0 Å². The van der Waals surface area contributed by atoms with E-state index in [0.29, 0.717) is 0 Å². The number of fused-ring (bicyclic) bond motifs is 4. The largest absolute Gasteiger partial charge is 0.0622 e. The van der Waals surface area contributed by atoms with E-state index >= 15 is 0 Å². The van der Waals surface area contributed by atoms with Gasteiger partial charge in [-0.3, -0.25) is 0 Å². The quantitative estimate of drug-likeness (QED) is 0.606. The molecule has 0 N–H and O–H groups in total. The van der Waals surface area contributed by atoms with Crippen LogP contribution in [-0.4, -0.2) is 0 Å². The van der Waals surface area contributed by atoms with Gasteiger partial charge >= 0.3 is 0 Å². The van der Waals surface area contributed by atoms with Gasteiger partial charge in [-0.15, -0.1) is 0 Å². The second-order valence-electron chi connectivity index (χ2n) is 10.8. The summed E-state index contributed by atoms with van der Waals surface area (Å²) in [5, 5.41) is 0. The third-order valence-electron chi connectivity index (χ3n) is 12.0. The predicted molar refractivity (Wildman–Crippen MR) is 76.8 cm³/mol. The molecule has 20 heavy (non-hydrogen) atoms. The highest BCUT2D eigenvalue weighted by molar-refractivity contribution is 5.50. The van der Waals surface area contributed by atoms with E-state index in [1.807, 2.05) is 0 Å². The molecule has 106 valence electrons. The Kier molecular flexibility index (Phi) is 1.09. The van der Waals surface area contributed by atoms with Crippen molar-refractivity contribution < 1.29 is 0 Å². The molecule has 8 aliphatic rings. The summed E-state index contributed by atoms with van der Waals surface area (Å²) in [5.74, 6) is 8.40. The zero-order valence-corrected chi connectivity index (χ0v) is 12.7. The van der Waals surface area contributed by atoms with Crippen molar-refractivity contribution in [2.75, 3.05) is 0 Å². The molecule has 8 rings (SSSR count). The first-order valence-corrected chi connectivity index (χ1v) is 9.72. The summed E-state index contributed by atoms with van der Waals surface area (Å²) in [5.41, 5.74) is 3.79. The molecule has 0 nitrogen and oxygen atoms in total. The Morgan fingerprint density at radius 1 is 0.650 bits per heavy atom. The maximum absolute atomic E-state index is 2.62. The Balaban J connectivity index is 1.45. The average molecular weight is 266 g/mol. The monoisotopic (exact) mass is 266 g/mol. The molecule has 8 aliphatic carbocycles. The number of hydrogen-bond acceptors (Lipinski definition) is 0. The van der Waals surface area contributed by atoms with Crippen molar-refractivity contribution in [1.82, 2.24) is 0 Å². The first kappa shape index (κ1) is 9.90. The molecule has 4 spiro atoms. The van der Waals surface area contributed by atoms with Crippen LogP contribution in [0, 0.1) is 63.1 Å². The minimum absolute atomic E-state index is 0.937. The fraction of sp³-hybridized carbons (Fsp3) is 1.00. The topological polar surface area (TPSA) is 0 Å². The summed E-state index contributed by atoms with van der Waals surface area (Å²) in [4.78, 5) is 0. The van der Waals surface area contributed by atoms with Crippen molar-refractivity contribution in [3.05, 3.63) is 0 Å². The van der Waals surface area contributed by atoms with E-state index in [-0.39, 0.29) is 0 Å². The smallest absolute Gasteiger partial charge is 0.0165 e. The van der Waals surface area contributed by atoms with E-state index in [4.69, 9.17) is 0 Å².